The van der Waals surface area contributed by atoms with Crippen molar-refractivity contribution in [2.24, 2.45) is 11.3 Å². The van der Waals surface area contributed by atoms with Crippen LogP contribution in [0.3, 0.4) is 0 Å². The van der Waals surface area contributed by atoms with E-state index in [4.69, 9.17) is 9.72 Å². The third kappa shape index (κ3) is 2.86. The summed E-state index contributed by atoms with van der Waals surface area (Å²) in [6.07, 6.45) is 4.74. The summed E-state index contributed by atoms with van der Waals surface area (Å²) in [5.74, 6) is 1.20. The van der Waals surface area contributed by atoms with Crippen molar-refractivity contribution >= 4 is 11.9 Å². The fourth-order valence-corrected chi connectivity index (χ4v) is 4.75. The van der Waals surface area contributed by atoms with E-state index in [0.717, 1.165) is 63.1 Å². The molecule has 7 heteroatoms. The number of aromatic nitrogens is 3. The van der Waals surface area contributed by atoms with Gasteiger partial charge in [0, 0.05) is 38.7 Å². The first-order valence-corrected chi connectivity index (χ1v) is 10.0. The van der Waals surface area contributed by atoms with Crippen molar-refractivity contribution in [3.8, 4) is 0 Å². The van der Waals surface area contributed by atoms with Crippen molar-refractivity contribution in [1.29, 1.82) is 0 Å². The highest BCUT2D eigenvalue weighted by molar-refractivity contribution is 5.85. The van der Waals surface area contributed by atoms with E-state index in [-0.39, 0.29) is 11.3 Å². The van der Waals surface area contributed by atoms with Gasteiger partial charge in [0.15, 0.2) is 0 Å². The number of carbonyl (C=O) groups is 1. The molecule has 0 spiro atoms. The quantitative estimate of drug-likeness (QED) is 0.811. The Bertz CT molecular complexity index is 676. The summed E-state index contributed by atoms with van der Waals surface area (Å²) in [7, 11) is 0. The predicted molar refractivity (Wildman–Crippen MR) is 98.0 cm³/mol. The number of likely N-dealkylation sites (tertiary alicyclic amines) is 1. The fraction of sp³-hybridized carbons (Fsp3) is 0.789. The average molecular weight is 359 g/mol. The van der Waals surface area contributed by atoms with Gasteiger partial charge >= 0.3 is 0 Å². The van der Waals surface area contributed by atoms with Crippen molar-refractivity contribution < 1.29 is 9.53 Å². The van der Waals surface area contributed by atoms with E-state index >= 15 is 0 Å². The third-order valence-corrected chi connectivity index (χ3v) is 6.31. The van der Waals surface area contributed by atoms with Gasteiger partial charge < -0.3 is 14.5 Å². The Morgan fingerprint density at radius 1 is 1.19 bits per heavy atom. The number of fused-ring (bicyclic) bond motifs is 1. The lowest BCUT2D eigenvalue weighted by Crippen LogP contribution is -2.51. The van der Waals surface area contributed by atoms with Crippen molar-refractivity contribution in [3.63, 3.8) is 0 Å². The van der Waals surface area contributed by atoms with Gasteiger partial charge in [0.1, 0.15) is 0 Å². The van der Waals surface area contributed by atoms with Gasteiger partial charge in [0.2, 0.25) is 11.9 Å². The molecule has 0 aliphatic carbocycles. The van der Waals surface area contributed by atoms with Crippen LogP contribution in [-0.2, 0) is 22.4 Å². The SMILES string of the molecule is CCc1nnc(N2CC3COCCC3(C(=O)N3CCCC3)C2)nc1CC. The van der Waals surface area contributed by atoms with Crippen LogP contribution < -0.4 is 4.90 Å². The van der Waals surface area contributed by atoms with Gasteiger partial charge in [-0.3, -0.25) is 4.79 Å². The molecule has 4 rings (SSSR count). The van der Waals surface area contributed by atoms with Crippen LogP contribution in [0, 0.1) is 11.3 Å². The van der Waals surface area contributed by atoms with E-state index in [9.17, 15) is 4.79 Å². The standard InChI is InChI=1S/C19H29N5O2/c1-3-15-16(4-2)21-22-18(20-15)24-11-14-12-26-10-7-19(14,13-24)17(25)23-8-5-6-9-23/h14H,3-13H2,1-2H3. The molecule has 0 aromatic carbocycles. The first-order chi connectivity index (χ1) is 12.7. The number of rotatable bonds is 4. The molecule has 4 heterocycles. The third-order valence-electron chi connectivity index (χ3n) is 6.31. The Hall–Kier alpha value is -1.76. The molecule has 1 aromatic heterocycles. The van der Waals surface area contributed by atoms with Crippen LogP contribution in [0.15, 0.2) is 0 Å². The Balaban J connectivity index is 1.61. The molecule has 2 atom stereocenters. The van der Waals surface area contributed by atoms with E-state index in [0.29, 0.717) is 31.6 Å². The number of nitrogens with zero attached hydrogens (tertiary/aromatic N) is 5. The maximum Gasteiger partial charge on any atom is 0.245 e. The molecule has 26 heavy (non-hydrogen) atoms. The molecule has 3 aliphatic heterocycles. The predicted octanol–water partition coefficient (Wildman–Crippen LogP) is 1.46. The Morgan fingerprint density at radius 3 is 2.69 bits per heavy atom. The number of carbonyl (C=O) groups excluding carboxylic acids is 1. The normalized spacial score (nSPS) is 28.5. The maximum atomic E-state index is 13.4. The average Bonchev–Trinajstić information content (AvgIpc) is 3.35. The number of hydrogen-bond donors (Lipinski definition) is 0. The Morgan fingerprint density at radius 2 is 1.96 bits per heavy atom. The van der Waals surface area contributed by atoms with Gasteiger partial charge in [-0.25, -0.2) is 4.98 Å². The minimum Gasteiger partial charge on any atom is -0.381 e. The van der Waals surface area contributed by atoms with E-state index in [1.54, 1.807) is 0 Å². The summed E-state index contributed by atoms with van der Waals surface area (Å²) in [6.45, 7) is 8.76. The largest absolute Gasteiger partial charge is 0.381 e. The van der Waals surface area contributed by atoms with Crippen LogP contribution in [0.2, 0.25) is 0 Å². The minimum absolute atomic E-state index is 0.212. The summed E-state index contributed by atoms with van der Waals surface area (Å²) in [6, 6.07) is 0. The Labute approximate surface area is 155 Å². The van der Waals surface area contributed by atoms with E-state index < -0.39 is 0 Å². The second-order valence-corrected chi connectivity index (χ2v) is 7.77. The summed E-state index contributed by atoms with van der Waals surface area (Å²) >= 11 is 0. The molecular weight excluding hydrogens is 330 g/mol. The smallest absolute Gasteiger partial charge is 0.245 e. The summed E-state index contributed by atoms with van der Waals surface area (Å²) in [5, 5.41) is 8.78. The molecule has 0 N–H and O–H groups in total. The molecule has 0 radical (unpaired) electrons. The van der Waals surface area contributed by atoms with E-state index in [1.165, 1.54) is 0 Å². The van der Waals surface area contributed by atoms with Gasteiger partial charge in [0.05, 0.1) is 23.4 Å². The van der Waals surface area contributed by atoms with Gasteiger partial charge in [-0.05, 0) is 32.1 Å². The summed E-state index contributed by atoms with van der Waals surface area (Å²) in [4.78, 5) is 22.4. The zero-order valence-corrected chi connectivity index (χ0v) is 15.9. The number of aryl methyl sites for hydroxylation is 2. The molecule has 3 saturated heterocycles. The molecule has 2 unspecified atom stereocenters. The minimum atomic E-state index is -0.345. The van der Waals surface area contributed by atoms with Crippen LogP contribution in [0.1, 0.15) is 44.5 Å². The van der Waals surface area contributed by atoms with Crippen molar-refractivity contribution in [3.05, 3.63) is 11.4 Å². The van der Waals surface area contributed by atoms with Crippen molar-refractivity contribution in [1.82, 2.24) is 20.1 Å². The van der Waals surface area contributed by atoms with E-state index in [2.05, 4.69) is 33.8 Å². The summed E-state index contributed by atoms with van der Waals surface area (Å²) < 4.78 is 5.73. The van der Waals surface area contributed by atoms with Crippen LogP contribution in [0.5, 0.6) is 0 Å². The highest BCUT2D eigenvalue weighted by Gasteiger charge is 2.55. The fourth-order valence-electron chi connectivity index (χ4n) is 4.75. The molecule has 3 fully saturated rings. The molecule has 1 amide bonds. The topological polar surface area (TPSA) is 71.5 Å². The monoisotopic (exact) mass is 359 g/mol. The lowest BCUT2D eigenvalue weighted by molar-refractivity contribution is -0.149. The van der Waals surface area contributed by atoms with Crippen LogP contribution in [0.25, 0.3) is 0 Å². The second kappa shape index (κ2) is 7.10. The Kier molecular flexibility index (Phi) is 4.82. The first-order valence-electron chi connectivity index (χ1n) is 10.0. The van der Waals surface area contributed by atoms with Crippen LogP contribution >= 0.6 is 0 Å². The zero-order valence-electron chi connectivity index (χ0n) is 15.9. The maximum absolute atomic E-state index is 13.4. The van der Waals surface area contributed by atoms with Crippen LogP contribution in [-0.4, -0.2) is 65.4 Å². The van der Waals surface area contributed by atoms with Gasteiger partial charge in [-0.1, -0.05) is 13.8 Å². The number of hydrogen-bond acceptors (Lipinski definition) is 6. The summed E-state index contributed by atoms with van der Waals surface area (Å²) in [5.41, 5.74) is 1.64. The lowest BCUT2D eigenvalue weighted by Gasteiger charge is -2.39. The number of ether oxygens (including phenoxy) is 1. The molecule has 3 aliphatic rings. The van der Waals surface area contributed by atoms with Crippen molar-refractivity contribution in [2.45, 2.75) is 46.0 Å². The molecule has 1 aromatic rings. The second-order valence-electron chi connectivity index (χ2n) is 7.77. The molecular formula is C19H29N5O2. The molecule has 142 valence electrons. The van der Waals surface area contributed by atoms with Crippen molar-refractivity contribution in [2.75, 3.05) is 44.3 Å². The molecule has 7 nitrogen and oxygen atoms in total. The number of anilines is 1. The molecule has 0 bridgehead atoms. The zero-order chi connectivity index (χ0) is 18.1. The van der Waals surface area contributed by atoms with Gasteiger partial charge in [0.25, 0.3) is 0 Å². The highest BCUT2D eigenvalue weighted by atomic mass is 16.5. The molecule has 0 saturated carbocycles. The van der Waals surface area contributed by atoms with Gasteiger partial charge in [-0.15, -0.1) is 5.10 Å². The first kappa shape index (κ1) is 17.6. The van der Waals surface area contributed by atoms with Crippen LogP contribution in [0.4, 0.5) is 5.95 Å². The number of amides is 1. The van der Waals surface area contributed by atoms with Gasteiger partial charge in [-0.2, -0.15) is 5.10 Å². The van der Waals surface area contributed by atoms with E-state index in [1.807, 2.05) is 0 Å². The highest BCUT2D eigenvalue weighted by Crippen LogP contribution is 2.45. The lowest BCUT2D eigenvalue weighted by atomic mass is 9.73.